The topological polar surface area (TPSA) is 37.6 Å². The van der Waals surface area contributed by atoms with E-state index in [-0.39, 0.29) is 5.92 Å². The lowest BCUT2D eigenvalue weighted by Crippen LogP contribution is -2.09. The molecule has 2 unspecified atom stereocenters. The molecule has 0 bridgehead atoms. The maximum Gasteiger partial charge on any atom is 0.0912 e. The van der Waals surface area contributed by atoms with E-state index in [0.29, 0.717) is 17.3 Å². The number of allylic oxidation sites excluding steroid dienone is 9. The molecule has 1 aromatic heterocycles. The van der Waals surface area contributed by atoms with Gasteiger partial charge in [0.25, 0.3) is 0 Å². The Morgan fingerprint density at radius 3 is 1.74 bits per heavy atom. The van der Waals surface area contributed by atoms with E-state index in [2.05, 4.69) is 172 Å². The SMILES string of the molecule is C=C/C=C(\C=C/C)C(/C)=N/C(=C)C(/N=C(\C)c1ccc2c3ccc(C4C=CC(c5nc6c7ccccc7c7ccccc7c6c6ccccc56)CC4)cc3c3ccccc3c2c1)=C(\C)C=C. The van der Waals surface area contributed by atoms with E-state index in [4.69, 9.17) is 15.0 Å². The van der Waals surface area contributed by atoms with E-state index in [0.717, 1.165) is 46.5 Å². The third kappa shape index (κ3) is 7.41. The van der Waals surface area contributed by atoms with Gasteiger partial charge in [-0.3, -0.25) is 15.0 Å². The number of pyridine rings is 1. The van der Waals surface area contributed by atoms with Gasteiger partial charge in [0.15, 0.2) is 0 Å². The van der Waals surface area contributed by atoms with Gasteiger partial charge in [-0.1, -0.05) is 184 Å². The van der Waals surface area contributed by atoms with Crippen molar-refractivity contribution in [2.24, 2.45) is 9.98 Å². The van der Waals surface area contributed by atoms with Crippen LogP contribution in [-0.4, -0.2) is 16.4 Å². The highest BCUT2D eigenvalue weighted by Crippen LogP contribution is 2.44. The van der Waals surface area contributed by atoms with Gasteiger partial charge >= 0.3 is 0 Å². The van der Waals surface area contributed by atoms with Crippen LogP contribution in [0, 0.1) is 0 Å². The lowest BCUT2D eigenvalue weighted by atomic mass is 9.80. The molecule has 3 nitrogen and oxygen atoms in total. The molecule has 3 heteroatoms. The van der Waals surface area contributed by atoms with Crippen molar-refractivity contribution in [3.05, 3.63) is 235 Å². The average Bonchev–Trinajstić information content (AvgIpc) is 3.37. The van der Waals surface area contributed by atoms with Gasteiger partial charge in [0, 0.05) is 39.4 Å². The highest BCUT2D eigenvalue weighted by atomic mass is 14.9. The zero-order chi connectivity index (χ0) is 45.5. The molecule has 1 aliphatic carbocycles. The molecule has 1 heterocycles. The van der Waals surface area contributed by atoms with Gasteiger partial charge in [-0.15, -0.1) is 0 Å². The van der Waals surface area contributed by atoms with Crippen molar-refractivity contribution in [1.29, 1.82) is 0 Å². The van der Waals surface area contributed by atoms with Crippen LogP contribution in [0.25, 0.3) is 75.5 Å². The van der Waals surface area contributed by atoms with Gasteiger partial charge in [-0.2, -0.15) is 0 Å². The van der Waals surface area contributed by atoms with Crippen LogP contribution in [0.5, 0.6) is 0 Å². The van der Waals surface area contributed by atoms with Crippen molar-refractivity contribution in [1.82, 2.24) is 4.98 Å². The van der Waals surface area contributed by atoms with Gasteiger partial charge in [-0.05, 0) is 129 Å². The number of hydrogen-bond donors (Lipinski definition) is 0. The average molecular weight is 852 g/mol. The van der Waals surface area contributed by atoms with Crippen LogP contribution in [0.2, 0.25) is 0 Å². The molecule has 0 fully saturated rings. The predicted octanol–water partition coefficient (Wildman–Crippen LogP) is 17.3. The van der Waals surface area contributed by atoms with Gasteiger partial charge in [0.2, 0.25) is 0 Å². The number of benzene rings is 8. The zero-order valence-electron chi connectivity index (χ0n) is 38.3. The fourth-order valence-electron chi connectivity index (χ4n) is 10.3. The first-order valence-electron chi connectivity index (χ1n) is 23.1. The largest absolute Gasteiger partial charge is 0.251 e. The zero-order valence-corrected chi connectivity index (χ0v) is 38.3. The van der Waals surface area contributed by atoms with E-state index in [1.165, 1.54) is 81.3 Å². The third-order valence-corrected chi connectivity index (χ3v) is 13.6. The van der Waals surface area contributed by atoms with Crippen molar-refractivity contribution in [2.75, 3.05) is 0 Å². The first kappa shape index (κ1) is 42.2. The van der Waals surface area contributed by atoms with Crippen molar-refractivity contribution in [2.45, 2.75) is 52.4 Å². The second-order valence-electron chi connectivity index (χ2n) is 17.6. The quantitative estimate of drug-likeness (QED) is 0.0584. The van der Waals surface area contributed by atoms with E-state index in [1.807, 2.05) is 45.1 Å². The van der Waals surface area contributed by atoms with Crippen molar-refractivity contribution >= 4 is 87.0 Å². The van der Waals surface area contributed by atoms with Gasteiger partial charge in [0.05, 0.1) is 22.6 Å². The summed E-state index contributed by atoms with van der Waals surface area (Å²) in [5.74, 6) is 0.541. The molecule has 9 aromatic rings. The molecule has 0 amide bonds. The molecule has 66 heavy (non-hydrogen) atoms. The van der Waals surface area contributed by atoms with Crippen LogP contribution in [-0.2, 0) is 0 Å². The Balaban J connectivity index is 1.00. The highest BCUT2D eigenvalue weighted by Gasteiger charge is 2.24. The number of hydrogen-bond acceptors (Lipinski definition) is 3. The minimum atomic E-state index is 0.227. The molecule has 320 valence electrons. The highest BCUT2D eigenvalue weighted by molar-refractivity contribution is 6.30. The van der Waals surface area contributed by atoms with Crippen LogP contribution in [0.1, 0.15) is 69.2 Å². The van der Waals surface area contributed by atoms with Crippen molar-refractivity contribution < 1.29 is 0 Å². The molecule has 0 N–H and O–H groups in total. The summed E-state index contributed by atoms with van der Waals surface area (Å²) >= 11 is 0. The second-order valence-corrected chi connectivity index (χ2v) is 17.6. The normalized spacial score (nSPS) is 16.6. The molecule has 0 radical (unpaired) electrons. The molecule has 0 saturated carbocycles. The summed E-state index contributed by atoms with van der Waals surface area (Å²) in [6.45, 7) is 20.3. The monoisotopic (exact) mass is 851 g/mol. The summed E-state index contributed by atoms with van der Waals surface area (Å²) in [6.07, 6.45) is 16.5. The van der Waals surface area contributed by atoms with E-state index in [1.54, 1.807) is 6.08 Å². The lowest BCUT2D eigenvalue weighted by molar-refractivity contribution is 0.596. The maximum atomic E-state index is 5.60. The van der Waals surface area contributed by atoms with Gasteiger partial charge in [-0.25, -0.2) is 0 Å². The number of rotatable bonds is 10. The summed E-state index contributed by atoms with van der Waals surface area (Å²) < 4.78 is 0. The fraction of sp³-hybridized carbons (Fsp3) is 0.127. The van der Waals surface area contributed by atoms with Crippen LogP contribution < -0.4 is 0 Å². The molecule has 1 aliphatic rings. The van der Waals surface area contributed by atoms with Gasteiger partial charge in [0.1, 0.15) is 0 Å². The van der Waals surface area contributed by atoms with Crippen LogP contribution >= 0.6 is 0 Å². The Morgan fingerprint density at radius 2 is 1.12 bits per heavy atom. The number of aromatic nitrogens is 1. The Morgan fingerprint density at radius 1 is 0.591 bits per heavy atom. The van der Waals surface area contributed by atoms with Crippen molar-refractivity contribution in [3.8, 4) is 0 Å². The Kier molecular flexibility index (Phi) is 11.3. The number of fused-ring (bicyclic) bond motifs is 14. The fourth-order valence-corrected chi connectivity index (χ4v) is 10.3. The summed E-state index contributed by atoms with van der Waals surface area (Å²) in [5.41, 5.74) is 9.57. The maximum absolute atomic E-state index is 5.60. The van der Waals surface area contributed by atoms with Crippen molar-refractivity contribution in [3.63, 3.8) is 0 Å². The van der Waals surface area contributed by atoms with Crippen LogP contribution in [0.15, 0.2) is 228 Å². The minimum Gasteiger partial charge on any atom is -0.251 e. The standard InChI is InChI=1S/C63H53N3/c1-8-19-43(20-9-2)40(5)64-42(7)61(39(4)10-3)65-41(6)46-33-35-52-53-36-34-47(38-59(53)51-24-12-11-23-50(51)58(52)37-46)44-29-31-45(32-30-44)62-57-28-18-16-26-55(57)60-54-25-15-13-21-48(54)49-22-14-17-27-56(49)63(60)66-62/h8-29,31,33-38,44-45H,1,3,7,30,32H2,2,4-6H3/b20-9-,43-19+,61-39-,64-40+,65-41+. The van der Waals surface area contributed by atoms with Gasteiger partial charge < -0.3 is 0 Å². The summed E-state index contributed by atoms with van der Waals surface area (Å²) in [4.78, 5) is 15.7. The summed E-state index contributed by atoms with van der Waals surface area (Å²) in [5, 5.41) is 16.2. The molecule has 0 spiro atoms. The summed E-state index contributed by atoms with van der Waals surface area (Å²) in [6, 6.07) is 49.2. The van der Waals surface area contributed by atoms with Crippen LogP contribution in [0.3, 0.4) is 0 Å². The predicted molar refractivity (Wildman–Crippen MR) is 288 cm³/mol. The van der Waals surface area contributed by atoms with E-state index in [9.17, 15) is 0 Å². The number of nitrogens with zero attached hydrogens (tertiary/aromatic N) is 3. The first-order chi connectivity index (χ1) is 32.3. The molecule has 2 atom stereocenters. The molecular weight excluding hydrogens is 799 g/mol. The van der Waals surface area contributed by atoms with E-state index >= 15 is 0 Å². The third-order valence-electron chi connectivity index (χ3n) is 13.6. The Bertz CT molecular complexity index is 3680. The Labute approximate surface area is 387 Å². The smallest absolute Gasteiger partial charge is 0.0912 e. The molecule has 8 aromatic carbocycles. The van der Waals surface area contributed by atoms with Crippen LogP contribution in [0.4, 0.5) is 0 Å². The first-order valence-corrected chi connectivity index (χ1v) is 23.1. The number of aliphatic imine (C=N–C) groups is 2. The molecular formula is C63H53N3. The Hall–Kier alpha value is -7.75. The second kappa shape index (κ2) is 17.7. The molecule has 0 aliphatic heterocycles. The summed E-state index contributed by atoms with van der Waals surface area (Å²) in [7, 11) is 0. The minimum absolute atomic E-state index is 0.227. The van der Waals surface area contributed by atoms with E-state index < -0.39 is 0 Å². The molecule has 0 saturated heterocycles. The molecule has 10 rings (SSSR count). The lowest BCUT2D eigenvalue weighted by Gasteiger charge is -2.25.